The van der Waals surface area contributed by atoms with Crippen LogP contribution in [0.1, 0.15) is 28.9 Å². The van der Waals surface area contributed by atoms with Gasteiger partial charge in [0.2, 0.25) is 0 Å². The van der Waals surface area contributed by atoms with E-state index in [1.54, 1.807) is 12.0 Å². The number of halogens is 4. The van der Waals surface area contributed by atoms with Gasteiger partial charge in [0.25, 0.3) is 5.91 Å². The highest BCUT2D eigenvalue weighted by molar-refractivity contribution is 5.95. The standard InChI is InChI=1S/C19H18F4N2O2/c1-27-11-15-4-3-7-25(15)18(26)13-8-12(9-14(20)10-13)16-5-2-6-17(24-16)19(21,22)23/h2,5-6,8-10,15H,3-4,7,11H2,1H3/t15-/m0/s1. The van der Waals surface area contributed by atoms with E-state index in [-0.39, 0.29) is 28.8 Å². The van der Waals surface area contributed by atoms with Gasteiger partial charge in [0, 0.05) is 24.8 Å². The van der Waals surface area contributed by atoms with Crippen LogP contribution in [0, 0.1) is 5.82 Å². The monoisotopic (exact) mass is 382 g/mol. The van der Waals surface area contributed by atoms with Gasteiger partial charge in [-0.15, -0.1) is 0 Å². The quantitative estimate of drug-likeness (QED) is 0.746. The number of pyridine rings is 1. The summed E-state index contributed by atoms with van der Waals surface area (Å²) < 4.78 is 57.9. The SMILES string of the molecule is COC[C@@H]1CCCN1C(=O)c1cc(F)cc(-c2cccc(C(F)(F)F)n2)c1. The zero-order chi connectivity index (χ0) is 19.6. The molecule has 8 heteroatoms. The average molecular weight is 382 g/mol. The molecule has 3 rings (SSSR count). The average Bonchev–Trinajstić information content (AvgIpc) is 3.08. The second-order valence-corrected chi connectivity index (χ2v) is 6.38. The number of hydrogen-bond acceptors (Lipinski definition) is 3. The number of likely N-dealkylation sites (tertiary alicyclic amines) is 1. The molecule has 4 nitrogen and oxygen atoms in total. The van der Waals surface area contributed by atoms with Crippen LogP contribution in [-0.2, 0) is 10.9 Å². The molecule has 1 aliphatic heterocycles. The zero-order valence-corrected chi connectivity index (χ0v) is 14.6. The van der Waals surface area contributed by atoms with Gasteiger partial charge in [-0.3, -0.25) is 4.79 Å². The molecule has 0 unspecified atom stereocenters. The van der Waals surface area contributed by atoms with Gasteiger partial charge in [0.15, 0.2) is 0 Å². The minimum absolute atomic E-state index is 0.0479. The summed E-state index contributed by atoms with van der Waals surface area (Å²) in [4.78, 5) is 18.0. The Balaban J connectivity index is 1.94. The molecule has 0 N–H and O–H groups in total. The summed E-state index contributed by atoms with van der Waals surface area (Å²) in [6.45, 7) is 0.906. The summed E-state index contributed by atoms with van der Waals surface area (Å²) >= 11 is 0. The second-order valence-electron chi connectivity index (χ2n) is 6.38. The van der Waals surface area contributed by atoms with Crippen molar-refractivity contribution in [3.8, 4) is 11.3 Å². The molecule has 27 heavy (non-hydrogen) atoms. The fourth-order valence-corrected chi connectivity index (χ4v) is 3.25. The maximum absolute atomic E-state index is 14.1. The number of carbonyl (C=O) groups excluding carboxylic acids is 1. The van der Waals surface area contributed by atoms with Crippen molar-refractivity contribution < 1.29 is 27.1 Å². The topological polar surface area (TPSA) is 42.4 Å². The van der Waals surface area contributed by atoms with E-state index >= 15 is 0 Å². The van der Waals surface area contributed by atoms with Crippen molar-refractivity contribution in [2.24, 2.45) is 0 Å². The second kappa shape index (κ2) is 7.64. The van der Waals surface area contributed by atoms with Gasteiger partial charge in [0.1, 0.15) is 11.5 Å². The minimum atomic E-state index is -4.61. The van der Waals surface area contributed by atoms with Gasteiger partial charge in [-0.25, -0.2) is 9.37 Å². The Kier molecular flexibility index (Phi) is 5.46. The van der Waals surface area contributed by atoms with Crippen LogP contribution >= 0.6 is 0 Å². The summed E-state index contributed by atoms with van der Waals surface area (Å²) in [7, 11) is 1.54. The molecular weight excluding hydrogens is 364 g/mol. The summed E-state index contributed by atoms with van der Waals surface area (Å²) in [5.41, 5.74) is -0.927. The Morgan fingerprint density at radius 2 is 2.07 bits per heavy atom. The van der Waals surface area contributed by atoms with Crippen LogP contribution in [0.5, 0.6) is 0 Å². The summed E-state index contributed by atoms with van der Waals surface area (Å²) in [5, 5.41) is 0. The van der Waals surface area contributed by atoms with Gasteiger partial charge >= 0.3 is 6.18 Å². The predicted octanol–water partition coefficient (Wildman–Crippen LogP) is 4.16. The lowest BCUT2D eigenvalue weighted by Crippen LogP contribution is -2.38. The molecule has 0 radical (unpaired) electrons. The zero-order valence-electron chi connectivity index (χ0n) is 14.6. The number of ether oxygens (including phenoxy) is 1. The first-order valence-electron chi connectivity index (χ1n) is 8.44. The van der Waals surface area contributed by atoms with Crippen LogP contribution in [0.2, 0.25) is 0 Å². The molecule has 1 atom stereocenters. The maximum atomic E-state index is 14.1. The molecule has 1 amide bonds. The number of carbonyl (C=O) groups is 1. The Bertz CT molecular complexity index is 839. The van der Waals surface area contributed by atoms with E-state index in [0.29, 0.717) is 13.2 Å². The van der Waals surface area contributed by atoms with Gasteiger partial charge < -0.3 is 9.64 Å². The molecule has 2 aromatic rings. The molecule has 1 saturated heterocycles. The van der Waals surface area contributed by atoms with Crippen LogP contribution in [0.15, 0.2) is 36.4 Å². The molecule has 1 aromatic carbocycles. The summed E-state index contributed by atoms with van der Waals surface area (Å²) in [6.07, 6.45) is -3.00. The van der Waals surface area contributed by atoms with E-state index in [4.69, 9.17) is 4.74 Å². The largest absolute Gasteiger partial charge is 0.433 e. The lowest BCUT2D eigenvalue weighted by Gasteiger charge is -2.24. The van der Waals surface area contributed by atoms with E-state index in [1.807, 2.05) is 0 Å². The Hall–Kier alpha value is -2.48. The van der Waals surface area contributed by atoms with Crippen LogP contribution < -0.4 is 0 Å². The highest BCUT2D eigenvalue weighted by atomic mass is 19.4. The van der Waals surface area contributed by atoms with Crippen molar-refractivity contribution in [1.82, 2.24) is 9.88 Å². The van der Waals surface area contributed by atoms with Crippen LogP contribution in [0.4, 0.5) is 17.6 Å². The highest BCUT2D eigenvalue weighted by Gasteiger charge is 2.33. The van der Waals surface area contributed by atoms with Gasteiger partial charge in [-0.05, 0) is 43.2 Å². The maximum Gasteiger partial charge on any atom is 0.433 e. The highest BCUT2D eigenvalue weighted by Crippen LogP contribution is 2.30. The first-order chi connectivity index (χ1) is 12.8. The molecule has 144 valence electrons. The number of rotatable bonds is 4. The number of benzene rings is 1. The number of hydrogen-bond donors (Lipinski definition) is 0. The predicted molar refractivity (Wildman–Crippen MR) is 90.6 cm³/mol. The molecule has 1 aromatic heterocycles. The lowest BCUT2D eigenvalue weighted by molar-refractivity contribution is -0.141. The van der Waals surface area contributed by atoms with Crippen molar-refractivity contribution >= 4 is 5.91 Å². The number of aromatic nitrogens is 1. The normalized spacial score (nSPS) is 17.4. The van der Waals surface area contributed by atoms with Gasteiger partial charge in [-0.2, -0.15) is 13.2 Å². The molecule has 1 fully saturated rings. The van der Waals surface area contributed by atoms with E-state index in [0.717, 1.165) is 31.0 Å². The molecule has 0 bridgehead atoms. The number of amides is 1. The Morgan fingerprint density at radius 1 is 1.30 bits per heavy atom. The van der Waals surface area contributed by atoms with Gasteiger partial charge in [-0.1, -0.05) is 6.07 Å². The van der Waals surface area contributed by atoms with E-state index in [2.05, 4.69) is 4.98 Å². The Morgan fingerprint density at radius 3 is 2.78 bits per heavy atom. The van der Waals surface area contributed by atoms with Crippen molar-refractivity contribution in [2.75, 3.05) is 20.3 Å². The number of nitrogens with zero attached hydrogens (tertiary/aromatic N) is 2. The third kappa shape index (κ3) is 4.27. The summed E-state index contributed by atoms with van der Waals surface area (Å²) in [6, 6.07) is 6.82. The van der Waals surface area contributed by atoms with Crippen LogP contribution in [0.25, 0.3) is 11.3 Å². The lowest BCUT2D eigenvalue weighted by atomic mass is 10.1. The fourth-order valence-electron chi connectivity index (χ4n) is 3.25. The summed E-state index contributed by atoms with van der Waals surface area (Å²) in [5.74, 6) is -1.08. The smallest absolute Gasteiger partial charge is 0.383 e. The molecule has 0 saturated carbocycles. The first kappa shape index (κ1) is 19.3. The van der Waals surface area contributed by atoms with Crippen LogP contribution in [-0.4, -0.2) is 42.1 Å². The number of alkyl halides is 3. The minimum Gasteiger partial charge on any atom is -0.383 e. The van der Waals surface area contributed by atoms with Crippen molar-refractivity contribution in [3.05, 3.63) is 53.5 Å². The number of methoxy groups -OCH3 is 1. The molecule has 0 spiro atoms. The third-order valence-electron chi connectivity index (χ3n) is 4.48. The van der Waals surface area contributed by atoms with Crippen molar-refractivity contribution in [1.29, 1.82) is 0 Å². The van der Waals surface area contributed by atoms with Crippen molar-refractivity contribution in [2.45, 2.75) is 25.1 Å². The van der Waals surface area contributed by atoms with Gasteiger partial charge in [0.05, 0.1) is 18.3 Å². The van der Waals surface area contributed by atoms with E-state index in [1.165, 1.54) is 18.2 Å². The van der Waals surface area contributed by atoms with E-state index < -0.39 is 17.7 Å². The fraction of sp³-hybridized carbons (Fsp3) is 0.368. The third-order valence-corrected chi connectivity index (χ3v) is 4.48. The molecule has 1 aliphatic rings. The van der Waals surface area contributed by atoms with E-state index in [9.17, 15) is 22.4 Å². The molecule has 2 heterocycles. The molecule has 0 aliphatic carbocycles. The molecular formula is C19H18F4N2O2. The Labute approximate surface area is 153 Å². The first-order valence-corrected chi connectivity index (χ1v) is 8.44. The van der Waals surface area contributed by atoms with Crippen LogP contribution in [0.3, 0.4) is 0 Å². The van der Waals surface area contributed by atoms with Crippen molar-refractivity contribution in [3.63, 3.8) is 0 Å².